The number of hydrogen-bond donors (Lipinski definition) is 1. The number of sulfone groups is 1. The molecule has 1 unspecified atom stereocenters. The molecule has 0 bridgehead atoms. The molecule has 0 radical (unpaired) electrons. The van der Waals surface area contributed by atoms with E-state index in [0.29, 0.717) is 18.2 Å². The van der Waals surface area contributed by atoms with E-state index < -0.39 is 74.2 Å². The zero-order valence-corrected chi connectivity index (χ0v) is 25.5. The average molecular weight is 643 g/mol. The number of likely N-dealkylation sites (tertiary alicyclic amines) is 1. The van der Waals surface area contributed by atoms with Crippen LogP contribution >= 0.6 is 0 Å². The van der Waals surface area contributed by atoms with Crippen molar-refractivity contribution in [2.45, 2.75) is 50.9 Å². The van der Waals surface area contributed by atoms with E-state index in [1.54, 1.807) is 26.0 Å². The molecule has 0 saturated carbocycles. The lowest BCUT2D eigenvalue weighted by atomic mass is 9.84. The van der Waals surface area contributed by atoms with Crippen LogP contribution in [0, 0.1) is 17.7 Å². The number of alkyl halides is 3. The molecule has 15 heteroatoms. The summed E-state index contributed by atoms with van der Waals surface area (Å²) in [6, 6.07) is -0.297. The summed E-state index contributed by atoms with van der Waals surface area (Å²) in [5.74, 6) is -4.25. The van der Waals surface area contributed by atoms with E-state index in [4.69, 9.17) is 0 Å². The van der Waals surface area contributed by atoms with Gasteiger partial charge in [-0.15, -0.1) is 0 Å². The Morgan fingerprint density at radius 3 is 2.34 bits per heavy atom. The minimum absolute atomic E-state index is 0.0220. The number of imide groups is 1. The lowest BCUT2D eigenvalue weighted by molar-refractivity contribution is -0.142. The number of allylic oxidation sites excluding steroid dienone is 3. The number of nitrogens with zero attached hydrogens (tertiary/aromatic N) is 3. The second-order valence-corrected chi connectivity index (χ2v) is 13.8. The van der Waals surface area contributed by atoms with Crippen LogP contribution in [0.4, 0.5) is 22.4 Å². The summed E-state index contributed by atoms with van der Waals surface area (Å²) < 4.78 is 78.0. The minimum Gasteiger partial charge on any atom is -0.341 e. The quantitative estimate of drug-likeness (QED) is 0.360. The second-order valence-electron chi connectivity index (χ2n) is 11.8. The molecule has 44 heavy (non-hydrogen) atoms. The van der Waals surface area contributed by atoms with E-state index in [9.17, 15) is 45.2 Å². The summed E-state index contributed by atoms with van der Waals surface area (Å²) in [4.78, 5) is 57.0. The fourth-order valence-corrected chi connectivity index (χ4v) is 6.71. The molecule has 10 nitrogen and oxygen atoms in total. The van der Waals surface area contributed by atoms with Gasteiger partial charge in [-0.2, -0.15) is 13.2 Å². The van der Waals surface area contributed by atoms with Gasteiger partial charge in [-0.25, -0.2) is 17.6 Å². The molecule has 1 N–H and O–H groups in total. The van der Waals surface area contributed by atoms with Crippen LogP contribution in [-0.4, -0.2) is 91.4 Å². The molecule has 1 spiro atoms. The second kappa shape index (κ2) is 12.0. The first-order valence-corrected chi connectivity index (χ1v) is 15.9. The summed E-state index contributed by atoms with van der Waals surface area (Å²) in [5.41, 5.74) is -3.33. The minimum atomic E-state index is -4.80. The van der Waals surface area contributed by atoms with Crippen LogP contribution in [-0.2, 0) is 25.6 Å². The van der Waals surface area contributed by atoms with Crippen molar-refractivity contribution in [2.75, 3.05) is 32.9 Å². The van der Waals surface area contributed by atoms with Crippen LogP contribution in [0.5, 0.6) is 0 Å². The van der Waals surface area contributed by atoms with Crippen molar-refractivity contribution < 1.29 is 45.2 Å². The van der Waals surface area contributed by atoms with E-state index in [2.05, 4.69) is 5.32 Å². The molecule has 1 aromatic carbocycles. The molecular formula is C29H34F4N4O6S. The highest BCUT2D eigenvalue weighted by atomic mass is 32.2. The molecule has 2 fully saturated rings. The van der Waals surface area contributed by atoms with Gasteiger partial charge in [-0.05, 0) is 55.4 Å². The van der Waals surface area contributed by atoms with Crippen molar-refractivity contribution in [3.8, 4) is 0 Å². The van der Waals surface area contributed by atoms with E-state index in [1.165, 1.54) is 22.9 Å². The van der Waals surface area contributed by atoms with Gasteiger partial charge in [0.05, 0.1) is 11.1 Å². The number of halogens is 4. The zero-order chi connectivity index (χ0) is 32.8. The maximum atomic E-state index is 14.3. The SMILES string of the molecule is CC(C)[C@@H](NC(=O)c1cc(C(F)(F)F)ccc1F)C(=O)N1CCC2(CC1)C(=O)N(C)C(=O)N2CC1C=CC=C(S(C)(=O)=O)C1. The Bertz CT molecular complexity index is 1530. The molecule has 0 aromatic heterocycles. The van der Waals surface area contributed by atoms with Gasteiger partial charge in [0.2, 0.25) is 5.91 Å². The van der Waals surface area contributed by atoms with E-state index >= 15 is 0 Å². The Balaban J connectivity index is 1.49. The molecule has 2 atom stereocenters. The van der Waals surface area contributed by atoms with Crippen molar-refractivity contribution >= 4 is 33.6 Å². The van der Waals surface area contributed by atoms with E-state index in [-0.39, 0.29) is 49.7 Å². The van der Waals surface area contributed by atoms with E-state index in [0.717, 1.165) is 11.2 Å². The standard InChI is InChI=1S/C29H34F4N4O6S/c1-17(2)23(34-24(38)21-15-19(29(31,32)33)8-9-22(21)30)25(39)36-12-10-28(11-13-36)26(40)35(3)27(41)37(28)16-18-6-5-7-20(14-18)44(4,42)43/h5-9,15,17-18,23H,10-14,16H2,1-4H3,(H,34,38)/t18?,23-/m1/s1. The highest BCUT2D eigenvalue weighted by molar-refractivity contribution is 7.94. The first-order valence-electron chi connectivity index (χ1n) is 14.0. The smallest absolute Gasteiger partial charge is 0.341 e. The molecule has 2 aliphatic heterocycles. The maximum Gasteiger partial charge on any atom is 0.416 e. The predicted octanol–water partition coefficient (Wildman–Crippen LogP) is 3.36. The van der Waals surface area contributed by atoms with Crippen molar-refractivity contribution in [1.29, 1.82) is 0 Å². The lowest BCUT2D eigenvalue weighted by Crippen LogP contribution is -2.60. The third kappa shape index (κ3) is 6.37. The molecule has 5 amide bonds. The summed E-state index contributed by atoms with van der Waals surface area (Å²) in [6.07, 6.45) is 1.49. The highest BCUT2D eigenvalue weighted by Gasteiger charge is 2.57. The van der Waals surface area contributed by atoms with Gasteiger partial charge in [0.15, 0.2) is 9.84 Å². The van der Waals surface area contributed by atoms with Crippen LogP contribution < -0.4 is 5.32 Å². The molecule has 240 valence electrons. The van der Waals surface area contributed by atoms with Crippen LogP contribution in [0.25, 0.3) is 0 Å². The summed E-state index contributed by atoms with van der Waals surface area (Å²) in [6.45, 7) is 3.36. The first kappa shape index (κ1) is 33.1. The van der Waals surface area contributed by atoms with Gasteiger partial charge < -0.3 is 15.1 Å². The number of nitrogens with one attached hydrogen (secondary N) is 1. The van der Waals surface area contributed by atoms with Gasteiger partial charge in [0, 0.05) is 37.8 Å². The summed E-state index contributed by atoms with van der Waals surface area (Å²) >= 11 is 0. The van der Waals surface area contributed by atoms with Crippen molar-refractivity contribution in [3.63, 3.8) is 0 Å². The molecule has 2 heterocycles. The maximum absolute atomic E-state index is 14.3. The number of urea groups is 1. The fourth-order valence-electron chi connectivity index (χ4n) is 5.87. The average Bonchev–Trinajstić information content (AvgIpc) is 3.11. The lowest BCUT2D eigenvalue weighted by Gasteiger charge is -2.44. The van der Waals surface area contributed by atoms with Crippen LogP contribution in [0.1, 0.15) is 49.0 Å². The molecule has 3 aliphatic rings. The largest absolute Gasteiger partial charge is 0.416 e. The third-order valence-corrected chi connectivity index (χ3v) is 9.67. The Labute approximate surface area is 252 Å². The fraction of sp³-hybridized carbons (Fsp3) is 0.517. The van der Waals surface area contributed by atoms with Crippen molar-refractivity contribution in [1.82, 2.24) is 20.0 Å². The number of carbonyl (C=O) groups excluding carboxylic acids is 4. The topological polar surface area (TPSA) is 124 Å². The third-order valence-electron chi connectivity index (χ3n) is 8.42. The Morgan fingerprint density at radius 2 is 1.77 bits per heavy atom. The Kier molecular flexibility index (Phi) is 9.02. The van der Waals surface area contributed by atoms with E-state index in [1.807, 2.05) is 0 Å². The number of carbonyl (C=O) groups is 4. The van der Waals surface area contributed by atoms with Crippen LogP contribution in [0.3, 0.4) is 0 Å². The summed E-state index contributed by atoms with van der Waals surface area (Å²) in [7, 11) is -2.09. The Hall–Kier alpha value is -3.75. The highest BCUT2D eigenvalue weighted by Crippen LogP contribution is 2.39. The van der Waals surface area contributed by atoms with Gasteiger partial charge >= 0.3 is 12.2 Å². The van der Waals surface area contributed by atoms with Gasteiger partial charge in [-0.1, -0.05) is 26.0 Å². The summed E-state index contributed by atoms with van der Waals surface area (Å²) in [5, 5.41) is 2.37. The van der Waals surface area contributed by atoms with Crippen molar-refractivity contribution in [2.24, 2.45) is 11.8 Å². The van der Waals surface area contributed by atoms with Gasteiger partial charge in [0.1, 0.15) is 17.4 Å². The monoisotopic (exact) mass is 642 g/mol. The number of piperidine rings is 1. The molecule has 1 aliphatic carbocycles. The van der Waals surface area contributed by atoms with Gasteiger partial charge in [0.25, 0.3) is 11.8 Å². The number of benzene rings is 1. The Morgan fingerprint density at radius 1 is 1.14 bits per heavy atom. The normalized spacial score (nSPS) is 21.2. The first-order chi connectivity index (χ1) is 20.4. The number of amides is 5. The molecule has 1 aromatic rings. The van der Waals surface area contributed by atoms with Gasteiger partial charge in [-0.3, -0.25) is 19.3 Å². The zero-order valence-electron chi connectivity index (χ0n) is 24.7. The number of likely N-dealkylation sites (N-methyl/N-ethyl adjacent to an activating group) is 1. The number of hydrogen-bond acceptors (Lipinski definition) is 6. The molecular weight excluding hydrogens is 608 g/mol. The molecule has 4 rings (SSSR count). The van der Waals surface area contributed by atoms with Crippen LogP contribution in [0.2, 0.25) is 0 Å². The van der Waals surface area contributed by atoms with Crippen molar-refractivity contribution in [3.05, 3.63) is 58.3 Å². The predicted molar refractivity (Wildman–Crippen MR) is 151 cm³/mol. The van der Waals surface area contributed by atoms with Crippen LogP contribution in [0.15, 0.2) is 41.3 Å². The molecule has 2 saturated heterocycles. The number of rotatable bonds is 7.